The lowest BCUT2D eigenvalue weighted by molar-refractivity contribution is -0.140. The van der Waals surface area contributed by atoms with Crippen molar-refractivity contribution in [3.05, 3.63) is 89.0 Å². The van der Waals surface area contributed by atoms with Crippen LogP contribution in [0.25, 0.3) is 11.1 Å². The van der Waals surface area contributed by atoms with E-state index in [1.165, 1.54) is 17.2 Å². The number of alkyl halides is 3. The number of β-amino-alcohol motifs (C(OH)–C–C–N with tert-alkyl or cyclic N) is 1. The van der Waals surface area contributed by atoms with E-state index in [9.17, 15) is 31.5 Å². The molecule has 0 bridgehead atoms. The molecule has 0 saturated heterocycles. The molecule has 4 rings (SSSR count). The van der Waals surface area contributed by atoms with Gasteiger partial charge in [0.1, 0.15) is 0 Å². The van der Waals surface area contributed by atoms with E-state index in [2.05, 4.69) is 17.4 Å². The molecule has 7 nitrogen and oxygen atoms in total. The number of aliphatic carboxylic acids is 1. The predicted octanol–water partition coefficient (Wildman–Crippen LogP) is 5.54. The van der Waals surface area contributed by atoms with Gasteiger partial charge < -0.3 is 15.5 Å². The van der Waals surface area contributed by atoms with Crippen LogP contribution >= 0.6 is 0 Å². The molecule has 3 aromatic carbocycles. The molecule has 1 atom stereocenters. The van der Waals surface area contributed by atoms with Gasteiger partial charge in [0, 0.05) is 32.1 Å². The van der Waals surface area contributed by atoms with Crippen molar-refractivity contribution < 1.29 is 36.6 Å². The van der Waals surface area contributed by atoms with Crippen molar-refractivity contribution in [3.63, 3.8) is 0 Å². The summed E-state index contributed by atoms with van der Waals surface area (Å²) >= 11 is 0. The van der Waals surface area contributed by atoms with Crippen LogP contribution < -0.4 is 5.32 Å². The van der Waals surface area contributed by atoms with Crippen molar-refractivity contribution in [3.8, 4) is 11.1 Å². The zero-order chi connectivity index (χ0) is 32.3. The molecule has 3 N–H and O–H groups in total. The number of carbonyl (C=O) groups is 1. The summed E-state index contributed by atoms with van der Waals surface area (Å²) in [6.45, 7) is 3.70. The number of likely N-dealkylation sites (N-methyl/N-ethyl adjacent to an activating group) is 1. The summed E-state index contributed by atoms with van der Waals surface area (Å²) in [6, 6.07) is 17.8. The van der Waals surface area contributed by atoms with Gasteiger partial charge in [0.05, 0.1) is 16.6 Å². The van der Waals surface area contributed by atoms with Gasteiger partial charge in [0.2, 0.25) is 10.0 Å². The number of carboxylic acid groups (broad SMARTS) is 1. The van der Waals surface area contributed by atoms with E-state index in [1.54, 1.807) is 24.3 Å². The zero-order valence-corrected chi connectivity index (χ0v) is 25.9. The topological polar surface area (TPSA) is 107 Å². The lowest BCUT2D eigenvalue weighted by Gasteiger charge is -2.31. The standard InChI is InChI=1S/C33H39F3N2O5S/c1-32(2,19-23-16-24-8-4-5-9-25(24)17-23)37-20-28(39)21-38(3)44(42,43)30-13-12-27(18-29(30)33(34,35)36)26-10-6-7-22(15-26)11-14-31(40)41/h4-10,12-13,15,18,23,28,37,39H,11,14,16-17,19-21H2,1-3H3,(H,40,41). The average molecular weight is 633 g/mol. The van der Waals surface area contributed by atoms with E-state index in [1.807, 2.05) is 26.0 Å². The number of benzene rings is 3. The van der Waals surface area contributed by atoms with Crippen LogP contribution in [-0.4, -0.2) is 60.7 Å². The third-order valence-electron chi connectivity index (χ3n) is 8.08. The average Bonchev–Trinajstić information content (AvgIpc) is 3.36. The molecule has 3 aromatic rings. The smallest absolute Gasteiger partial charge is 0.417 e. The van der Waals surface area contributed by atoms with E-state index in [4.69, 9.17) is 5.11 Å². The van der Waals surface area contributed by atoms with E-state index in [0.717, 1.165) is 42.7 Å². The maximum atomic E-state index is 14.2. The lowest BCUT2D eigenvalue weighted by atomic mass is 9.88. The van der Waals surface area contributed by atoms with Gasteiger partial charge >= 0.3 is 12.1 Å². The highest BCUT2D eigenvalue weighted by Crippen LogP contribution is 2.38. The second-order valence-electron chi connectivity index (χ2n) is 12.3. The van der Waals surface area contributed by atoms with Gasteiger partial charge in [-0.1, -0.05) is 54.6 Å². The second kappa shape index (κ2) is 13.4. The van der Waals surface area contributed by atoms with Crippen LogP contribution in [0.15, 0.2) is 71.6 Å². The third kappa shape index (κ3) is 8.47. The van der Waals surface area contributed by atoms with Crippen LogP contribution in [0.5, 0.6) is 0 Å². The van der Waals surface area contributed by atoms with E-state index in [-0.39, 0.29) is 30.5 Å². The number of hydrogen-bond donors (Lipinski definition) is 3. The minimum Gasteiger partial charge on any atom is -0.481 e. The van der Waals surface area contributed by atoms with Crippen molar-refractivity contribution in [2.75, 3.05) is 20.1 Å². The number of aliphatic hydroxyl groups excluding tert-OH is 1. The number of nitrogens with one attached hydrogen (secondary N) is 1. The van der Waals surface area contributed by atoms with Gasteiger partial charge in [-0.3, -0.25) is 4.79 Å². The molecule has 0 spiro atoms. The number of carboxylic acids is 1. The van der Waals surface area contributed by atoms with E-state index < -0.39 is 45.3 Å². The number of hydrogen-bond acceptors (Lipinski definition) is 5. The fourth-order valence-electron chi connectivity index (χ4n) is 5.92. The minimum atomic E-state index is -4.97. The quantitative estimate of drug-likeness (QED) is 0.228. The largest absolute Gasteiger partial charge is 0.481 e. The van der Waals surface area contributed by atoms with Gasteiger partial charge in [-0.2, -0.15) is 17.5 Å². The molecule has 0 aromatic heterocycles. The molecule has 238 valence electrons. The highest BCUT2D eigenvalue weighted by molar-refractivity contribution is 7.89. The highest BCUT2D eigenvalue weighted by atomic mass is 32.2. The first-order valence-corrected chi connectivity index (χ1v) is 16.0. The molecule has 11 heteroatoms. The van der Waals surface area contributed by atoms with Gasteiger partial charge in [-0.05, 0) is 85.4 Å². The Morgan fingerprint density at radius 3 is 2.25 bits per heavy atom. The summed E-state index contributed by atoms with van der Waals surface area (Å²) < 4.78 is 70.0. The summed E-state index contributed by atoms with van der Waals surface area (Å²) in [6.07, 6.45) is -3.26. The Labute approximate surface area is 256 Å². The number of halogens is 3. The first-order chi connectivity index (χ1) is 20.5. The Morgan fingerprint density at radius 2 is 1.64 bits per heavy atom. The molecule has 1 unspecified atom stereocenters. The molecule has 1 aliphatic carbocycles. The van der Waals surface area contributed by atoms with Crippen molar-refractivity contribution in [2.45, 2.75) is 68.7 Å². The molecule has 44 heavy (non-hydrogen) atoms. The maximum Gasteiger partial charge on any atom is 0.417 e. The van der Waals surface area contributed by atoms with E-state index >= 15 is 0 Å². The van der Waals surface area contributed by atoms with Crippen molar-refractivity contribution >= 4 is 16.0 Å². The first-order valence-electron chi connectivity index (χ1n) is 14.5. The summed E-state index contributed by atoms with van der Waals surface area (Å²) in [4.78, 5) is 10.0. The van der Waals surface area contributed by atoms with Gasteiger partial charge in [0.15, 0.2) is 0 Å². The molecule has 0 saturated carbocycles. The summed E-state index contributed by atoms with van der Waals surface area (Å²) in [5.41, 5.74) is 2.20. The Morgan fingerprint density at radius 1 is 1.00 bits per heavy atom. The Bertz CT molecular complexity index is 1570. The van der Waals surface area contributed by atoms with Crippen molar-refractivity contribution in [1.82, 2.24) is 9.62 Å². The highest BCUT2D eigenvalue weighted by Gasteiger charge is 2.39. The predicted molar refractivity (Wildman–Crippen MR) is 163 cm³/mol. The SMILES string of the molecule is CN(CC(O)CNC(C)(C)CC1Cc2ccccc2C1)S(=O)(=O)c1ccc(-c2cccc(CCC(=O)O)c2)cc1C(F)(F)F. The Hall–Kier alpha value is -3.25. The minimum absolute atomic E-state index is 0.0653. The molecule has 0 amide bonds. The summed E-state index contributed by atoms with van der Waals surface area (Å²) in [5.74, 6) is -0.556. The van der Waals surface area contributed by atoms with Crippen molar-refractivity contribution in [2.24, 2.45) is 5.92 Å². The normalized spacial score (nSPS) is 15.0. The van der Waals surface area contributed by atoms with Crippen LogP contribution in [-0.2, 0) is 40.3 Å². The molecular weight excluding hydrogens is 593 g/mol. The second-order valence-corrected chi connectivity index (χ2v) is 14.3. The molecule has 0 heterocycles. The number of rotatable bonds is 13. The fraction of sp³-hybridized carbons (Fsp3) is 0.424. The molecule has 0 aliphatic heterocycles. The number of sulfonamides is 1. The third-order valence-corrected chi connectivity index (χ3v) is 9.96. The number of fused-ring (bicyclic) bond motifs is 1. The van der Waals surface area contributed by atoms with Gasteiger partial charge in [-0.15, -0.1) is 0 Å². The fourth-order valence-corrected chi connectivity index (χ4v) is 7.32. The Balaban J connectivity index is 1.43. The number of aryl methyl sites for hydroxylation is 1. The molecule has 0 radical (unpaired) electrons. The molecular formula is C33H39F3N2O5S. The molecule has 0 fully saturated rings. The monoisotopic (exact) mass is 632 g/mol. The maximum absolute atomic E-state index is 14.2. The number of aliphatic hydroxyl groups is 1. The number of nitrogens with zero attached hydrogens (tertiary/aromatic N) is 1. The van der Waals surface area contributed by atoms with Gasteiger partial charge in [0.25, 0.3) is 0 Å². The van der Waals surface area contributed by atoms with Crippen molar-refractivity contribution in [1.29, 1.82) is 0 Å². The summed E-state index contributed by atoms with van der Waals surface area (Å²) in [7, 11) is -3.46. The van der Waals surface area contributed by atoms with Gasteiger partial charge in [-0.25, -0.2) is 8.42 Å². The molecule has 1 aliphatic rings. The zero-order valence-electron chi connectivity index (χ0n) is 25.1. The first kappa shape index (κ1) is 33.6. The van der Waals surface area contributed by atoms with Crippen LogP contribution in [0.3, 0.4) is 0 Å². The van der Waals surface area contributed by atoms with Crippen LogP contribution in [0.4, 0.5) is 13.2 Å². The summed E-state index contributed by atoms with van der Waals surface area (Å²) in [5, 5.41) is 22.9. The van der Waals surface area contributed by atoms with E-state index in [0.29, 0.717) is 17.0 Å². The lowest BCUT2D eigenvalue weighted by Crippen LogP contribution is -2.47. The van der Waals surface area contributed by atoms with Crippen LogP contribution in [0.2, 0.25) is 0 Å². The van der Waals surface area contributed by atoms with Crippen LogP contribution in [0.1, 0.15) is 48.9 Å². The Kier molecular flexibility index (Phi) is 10.2. The van der Waals surface area contributed by atoms with Crippen LogP contribution in [0, 0.1) is 5.92 Å².